The van der Waals surface area contributed by atoms with Gasteiger partial charge in [-0.2, -0.15) is 0 Å². The molecule has 98 valence electrons. The van der Waals surface area contributed by atoms with Crippen molar-refractivity contribution in [3.8, 4) is 0 Å². The fourth-order valence-electron chi connectivity index (χ4n) is 0.467. The zero-order valence-electron chi connectivity index (χ0n) is 9.80. The summed E-state index contributed by atoms with van der Waals surface area (Å²) in [6.07, 6.45) is 4.36. The maximum atomic E-state index is 10.9. The molecule has 0 fully saturated rings. The van der Waals surface area contributed by atoms with Gasteiger partial charge in [-0.25, -0.2) is 9.59 Å². The fraction of sp³-hybridized carbons (Fsp3) is 0.0833. The van der Waals surface area contributed by atoms with E-state index in [-0.39, 0.29) is 12.2 Å². The Balaban J connectivity index is 0. The van der Waals surface area contributed by atoms with Crippen LogP contribution < -0.4 is 5.73 Å². The van der Waals surface area contributed by atoms with Crippen LogP contribution in [0.15, 0.2) is 49.6 Å². The zero-order chi connectivity index (χ0) is 14.6. The van der Waals surface area contributed by atoms with Gasteiger partial charge in [0.15, 0.2) is 0 Å². The van der Waals surface area contributed by atoms with Crippen LogP contribution in [0.2, 0.25) is 0 Å². The number of aliphatic carboxylic acids is 1. The first-order valence-electron chi connectivity index (χ1n) is 4.65. The second-order valence-corrected chi connectivity index (χ2v) is 2.69. The average Bonchev–Trinajstić information content (AvgIpc) is 2.33. The predicted molar refractivity (Wildman–Crippen MR) is 66.5 cm³/mol. The molecule has 0 saturated heterocycles. The monoisotopic (exact) mass is 253 g/mol. The molecule has 0 bridgehead atoms. The lowest BCUT2D eigenvalue weighted by Gasteiger charge is -1.99. The molecule has 0 aliphatic carbocycles. The van der Waals surface area contributed by atoms with Crippen molar-refractivity contribution in [2.75, 3.05) is 6.61 Å². The number of carbonyl (C=O) groups excluding carboxylic acids is 2. The van der Waals surface area contributed by atoms with Crippen LogP contribution in [0, 0.1) is 0 Å². The van der Waals surface area contributed by atoms with Gasteiger partial charge >= 0.3 is 11.9 Å². The van der Waals surface area contributed by atoms with Gasteiger partial charge in [-0.3, -0.25) is 4.79 Å². The quantitative estimate of drug-likeness (QED) is 0.311. The van der Waals surface area contributed by atoms with Gasteiger partial charge in [0, 0.05) is 6.08 Å². The van der Waals surface area contributed by atoms with Gasteiger partial charge in [-0.1, -0.05) is 25.8 Å². The molecule has 1 amide bonds. The average molecular weight is 253 g/mol. The topological polar surface area (TPSA) is 107 Å². The number of ether oxygens (including phenoxy) is 1. The number of amides is 1. The molecular weight excluding hydrogens is 238 g/mol. The van der Waals surface area contributed by atoms with Gasteiger partial charge < -0.3 is 15.6 Å². The zero-order valence-corrected chi connectivity index (χ0v) is 9.80. The number of esters is 1. The molecule has 0 aromatic rings. The summed E-state index contributed by atoms with van der Waals surface area (Å²) in [6.45, 7) is 9.84. The van der Waals surface area contributed by atoms with Crippen molar-refractivity contribution < 1.29 is 24.2 Å². The number of nitrogens with two attached hydrogens (primary N) is 1. The minimum atomic E-state index is -1.14. The van der Waals surface area contributed by atoms with Crippen LogP contribution in [0.25, 0.3) is 0 Å². The summed E-state index contributed by atoms with van der Waals surface area (Å²) >= 11 is 0. The predicted octanol–water partition coefficient (Wildman–Crippen LogP) is 0.570. The molecule has 3 N–H and O–H groups in total. The normalized spacial score (nSPS) is 8.67. The van der Waals surface area contributed by atoms with E-state index in [1.807, 2.05) is 0 Å². The number of hydrogen-bond acceptors (Lipinski definition) is 4. The molecule has 0 heterocycles. The van der Waals surface area contributed by atoms with Crippen LogP contribution in [0.4, 0.5) is 0 Å². The minimum absolute atomic E-state index is 0.00995. The van der Waals surface area contributed by atoms with Gasteiger partial charge in [-0.05, 0) is 12.2 Å². The first kappa shape index (κ1) is 17.8. The third kappa shape index (κ3) is 13.4. The molecule has 0 atom stereocenters. The number of carboxylic acid groups (broad SMARTS) is 1. The van der Waals surface area contributed by atoms with Gasteiger partial charge in [0.05, 0.1) is 5.57 Å². The van der Waals surface area contributed by atoms with Gasteiger partial charge in [0.1, 0.15) is 6.61 Å². The highest BCUT2D eigenvalue weighted by Gasteiger charge is 2.03. The Morgan fingerprint density at radius 3 is 2.06 bits per heavy atom. The molecule has 0 aliphatic heterocycles. The lowest BCUT2D eigenvalue weighted by atomic mass is 10.3. The van der Waals surface area contributed by atoms with Crippen LogP contribution in [-0.2, 0) is 19.1 Å². The standard InChI is InChI=1S/C9H10O4.C3H5NO/c1-3-6-13-9(12)7(2)4-5-8(10)11;1-2-3(4)5/h3-5H,1-2,6H2,(H,10,11);2H,1H2,(H2,4,5). The first-order chi connectivity index (χ1) is 8.34. The highest BCUT2D eigenvalue weighted by molar-refractivity contribution is 5.93. The maximum absolute atomic E-state index is 10.9. The van der Waals surface area contributed by atoms with Crippen LogP contribution in [0.3, 0.4) is 0 Å². The van der Waals surface area contributed by atoms with Crippen molar-refractivity contribution in [2.45, 2.75) is 0 Å². The molecule has 6 nitrogen and oxygen atoms in total. The van der Waals surface area contributed by atoms with Gasteiger partial charge in [0.25, 0.3) is 0 Å². The van der Waals surface area contributed by atoms with Crippen LogP contribution in [-0.4, -0.2) is 29.6 Å². The van der Waals surface area contributed by atoms with Crippen molar-refractivity contribution in [1.29, 1.82) is 0 Å². The molecule has 0 unspecified atom stereocenters. The summed E-state index contributed by atoms with van der Waals surface area (Å²) < 4.78 is 4.58. The molecule has 0 spiro atoms. The number of primary amides is 1. The molecule has 0 radical (unpaired) electrons. The van der Waals surface area contributed by atoms with E-state index in [9.17, 15) is 14.4 Å². The van der Waals surface area contributed by atoms with Crippen molar-refractivity contribution in [3.05, 3.63) is 49.6 Å². The van der Waals surface area contributed by atoms with E-state index in [0.29, 0.717) is 0 Å². The van der Waals surface area contributed by atoms with Crippen LogP contribution in [0.1, 0.15) is 0 Å². The molecule has 0 rings (SSSR count). The summed E-state index contributed by atoms with van der Waals surface area (Å²) in [5.41, 5.74) is 4.52. The van der Waals surface area contributed by atoms with E-state index in [1.165, 1.54) is 6.08 Å². The second kappa shape index (κ2) is 10.9. The molecule has 0 aromatic heterocycles. The van der Waals surface area contributed by atoms with Crippen molar-refractivity contribution >= 4 is 17.8 Å². The highest BCUT2D eigenvalue weighted by Crippen LogP contribution is 1.96. The highest BCUT2D eigenvalue weighted by atomic mass is 16.5. The lowest BCUT2D eigenvalue weighted by molar-refractivity contribution is -0.137. The third-order valence-corrected chi connectivity index (χ3v) is 1.22. The Labute approximate surface area is 105 Å². The summed E-state index contributed by atoms with van der Waals surface area (Å²) in [5.74, 6) is -2.28. The molecule has 18 heavy (non-hydrogen) atoms. The Bertz CT molecular complexity index is 382. The molecule has 0 aliphatic rings. The van der Waals surface area contributed by atoms with Crippen LogP contribution in [0.5, 0.6) is 0 Å². The van der Waals surface area contributed by atoms with E-state index >= 15 is 0 Å². The van der Waals surface area contributed by atoms with E-state index in [0.717, 1.165) is 18.2 Å². The van der Waals surface area contributed by atoms with E-state index in [2.05, 4.69) is 30.2 Å². The summed E-state index contributed by atoms with van der Waals surface area (Å²) in [4.78, 5) is 30.4. The Morgan fingerprint density at radius 2 is 1.72 bits per heavy atom. The van der Waals surface area contributed by atoms with E-state index in [1.54, 1.807) is 0 Å². The fourth-order valence-corrected chi connectivity index (χ4v) is 0.467. The molecular formula is C12H15NO5. The Kier molecular flexibility index (Phi) is 10.7. The van der Waals surface area contributed by atoms with Crippen molar-refractivity contribution in [2.24, 2.45) is 5.73 Å². The molecule has 6 heteroatoms. The smallest absolute Gasteiger partial charge is 0.337 e. The van der Waals surface area contributed by atoms with Gasteiger partial charge in [0.2, 0.25) is 5.91 Å². The number of carbonyl (C=O) groups is 3. The van der Waals surface area contributed by atoms with E-state index in [4.69, 9.17) is 5.11 Å². The largest absolute Gasteiger partial charge is 0.478 e. The third-order valence-electron chi connectivity index (χ3n) is 1.22. The SMILES string of the molecule is C=CC(N)=O.C=CCOC(=O)C(=C)C=CC(=O)O. The number of hydrogen-bond donors (Lipinski definition) is 2. The van der Waals surface area contributed by atoms with Crippen molar-refractivity contribution in [3.63, 3.8) is 0 Å². The number of carboxylic acids is 1. The first-order valence-corrected chi connectivity index (χ1v) is 4.65. The molecule has 0 saturated carbocycles. The lowest BCUT2D eigenvalue weighted by Crippen LogP contribution is -2.05. The summed E-state index contributed by atoms with van der Waals surface area (Å²) in [6, 6.07) is 0. The minimum Gasteiger partial charge on any atom is -0.478 e. The Hall–Kier alpha value is -2.63. The van der Waals surface area contributed by atoms with Crippen LogP contribution >= 0.6 is 0 Å². The van der Waals surface area contributed by atoms with Crippen molar-refractivity contribution in [1.82, 2.24) is 0 Å². The van der Waals surface area contributed by atoms with Gasteiger partial charge in [-0.15, -0.1) is 0 Å². The van der Waals surface area contributed by atoms with E-state index < -0.39 is 17.8 Å². The Morgan fingerprint density at radius 1 is 1.22 bits per heavy atom. The number of rotatable bonds is 6. The summed E-state index contributed by atoms with van der Waals surface area (Å²) in [5, 5.41) is 8.22. The maximum Gasteiger partial charge on any atom is 0.337 e. The molecule has 0 aromatic carbocycles. The second-order valence-electron chi connectivity index (χ2n) is 2.69. The summed E-state index contributed by atoms with van der Waals surface area (Å²) in [7, 11) is 0.